The van der Waals surface area contributed by atoms with E-state index in [1.54, 1.807) is 0 Å². The lowest BCUT2D eigenvalue weighted by Crippen LogP contribution is -2.38. The van der Waals surface area contributed by atoms with E-state index in [4.69, 9.17) is 0 Å². The average Bonchev–Trinajstić information content (AvgIpc) is 2.87. The lowest BCUT2D eigenvalue weighted by molar-refractivity contribution is -0.384. The Morgan fingerprint density at radius 2 is 1.58 bits per heavy atom. The predicted octanol–water partition coefficient (Wildman–Crippen LogP) is 2.13. The first kappa shape index (κ1) is 14.7. The van der Waals surface area contributed by atoms with Gasteiger partial charge in [0.1, 0.15) is 0 Å². The second kappa shape index (κ2) is 5.36. The molecule has 2 amide bonds. The fourth-order valence-corrected chi connectivity index (χ4v) is 3.98. The third kappa shape index (κ3) is 2.16. The van der Waals surface area contributed by atoms with Crippen LogP contribution in [-0.4, -0.2) is 28.0 Å². The highest BCUT2D eigenvalue weighted by atomic mass is 16.6. The molecule has 3 aliphatic carbocycles. The fourth-order valence-electron chi connectivity index (χ4n) is 3.98. The van der Waals surface area contributed by atoms with Gasteiger partial charge >= 0.3 is 0 Å². The molecule has 4 atom stereocenters. The van der Waals surface area contributed by atoms with Crippen molar-refractivity contribution < 1.29 is 14.5 Å². The number of hydrazone groups is 1. The van der Waals surface area contributed by atoms with Crippen molar-refractivity contribution in [2.45, 2.75) is 12.8 Å². The highest BCUT2D eigenvalue weighted by Gasteiger charge is 2.56. The molecule has 1 saturated heterocycles. The molecular weight excluding hydrogens is 310 g/mol. The van der Waals surface area contributed by atoms with Gasteiger partial charge in [-0.15, -0.1) is 0 Å². The molecule has 24 heavy (non-hydrogen) atoms. The van der Waals surface area contributed by atoms with Gasteiger partial charge in [-0.1, -0.05) is 12.2 Å². The van der Waals surface area contributed by atoms with Crippen molar-refractivity contribution in [1.29, 1.82) is 0 Å². The highest BCUT2D eigenvalue weighted by Crippen LogP contribution is 2.49. The third-order valence-electron chi connectivity index (χ3n) is 5.16. The van der Waals surface area contributed by atoms with Gasteiger partial charge in [0, 0.05) is 12.1 Å². The number of carbonyl (C=O) groups is 2. The van der Waals surface area contributed by atoms with E-state index in [1.807, 2.05) is 0 Å². The number of rotatable bonds is 3. The van der Waals surface area contributed by atoms with Crippen LogP contribution in [0.3, 0.4) is 0 Å². The number of non-ortho nitro benzene ring substituents is 1. The number of hydrogen-bond acceptors (Lipinski definition) is 5. The number of nitrogens with zero attached hydrogens (tertiary/aromatic N) is 3. The molecule has 5 rings (SSSR count). The molecule has 1 saturated carbocycles. The number of imide groups is 1. The average molecular weight is 325 g/mol. The molecule has 0 aromatic heterocycles. The summed E-state index contributed by atoms with van der Waals surface area (Å²) < 4.78 is 0. The molecule has 7 nitrogen and oxygen atoms in total. The summed E-state index contributed by atoms with van der Waals surface area (Å²) >= 11 is 0. The van der Waals surface area contributed by atoms with Crippen molar-refractivity contribution in [2.75, 3.05) is 0 Å². The van der Waals surface area contributed by atoms with Crippen LogP contribution in [0.4, 0.5) is 5.69 Å². The van der Waals surface area contributed by atoms with Gasteiger partial charge in [0.15, 0.2) is 0 Å². The minimum Gasteiger partial charge on any atom is -0.272 e. The summed E-state index contributed by atoms with van der Waals surface area (Å²) in [6.07, 6.45) is 7.41. The minimum atomic E-state index is -0.484. The quantitative estimate of drug-likeness (QED) is 0.280. The third-order valence-corrected chi connectivity index (χ3v) is 5.16. The molecule has 122 valence electrons. The van der Waals surface area contributed by atoms with Crippen molar-refractivity contribution in [3.05, 3.63) is 52.1 Å². The van der Waals surface area contributed by atoms with E-state index in [0.717, 1.165) is 17.9 Å². The SMILES string of the molecule is O=C1[C@@H]2[C@H](C(=O)N1/N=C\c1ccc([N+](=O)[O-])cc1)[C@@H]1C=C[C@@H]2CC1. The van der Waals surface area contributed by atoms with Crippen LogP contribution in [0.2, 0.25) is 0 Å². The minimum absolute atomic E-state index is 0.0193. The van der Waals surface area contributed by atoms with E-state index in [1.165, 1.54) is 30.5 Å². The van der Waals surface area contributed by atoms with Crippen LogP contribution in [0.25, 0.3) is 0 Å². The topological polar surface area (TPSA) is 92.9 Å². The van der Waals surface area contributed by atoms with E-state index < -0.39 is 4.92 Å². The van der Waals surface area contributed by atoms with Crippen molar-refractivity contribution in [2.24, 2.45) is 28.8 Å². The van der Waals surface area contributed by atoms with E-state index in [-0.39, 0.29) is 41.2 Å². The maximum absolute atomic E-state index is 12.6. The maximum atomic E-state index is 12.6. The fraction of sp³-hybridized carbons (Fsp3) is 0.353. The van der Waals surface area contributed by atoms with Gasteiger partial charge in [-0.2, -0.15) is 10.1 Å². The standard InChI is InChI=1S/C17H15N3O4/c21-16-14-11-3-4-12(6-5-11)15(14)17(22)19(16)18-9-10-1-7-13(8-2-10)20(23)24/h1-4,7-9,11-12,14-15H,5-6H2/b18-9-/t11-,12-,14-,15+/m1/s1. The molecule has 2 fully saturated rings. The molecule has 1 aliphatic heterocycles. The lowest BCUT2D eigenvalue weighted by Gasteiger charge is -2.37. The van der Waals surface area contributed by atoms with Crippen LogP contribution in [0.15, 0.2) is 41.5 Å². The Balaban J connectivity index is 1.56. The monoisotopic (exact) mass is 325 g/mol. The van der Waals surface area contributed by atoms with Crippen LogP contribution in [-0.2, 0) is 9.59 Å². The zero-order valence-electron chi connectivity index (χ0n) is 12.7. The number of carbonyl (C=O) groups excluding carboxylic acids is 2. The molecule has 0 radical (unpaired) electrons. The zero-order chi connectivity index (χ0) is 16.8. The van der Waals surface area contributed by atoms with E-state index in [2.05, 4.69) is 17.3 Å². The van der Waals surface area contributed by atoms with Crippen LogP contribution in [0, 0.1) is 33.8 Å². The number of hydrogen-bond donors (Lipinski definition) is 0. The summed E-state index contributed by atoms with van der Waals surface area (Å²) in [5.74, 6) is -0.762. The summed E-state index contributed by atoms with van der Waals surface area (Å²) in [6, 6.07) is 5.79. The van der Waals surface area contributed by atoms with Gasteiger partial charge in [-0.05, 0) is 42.4 Å². The van der Waals surface area contributed by atoms with E-state index in [0.29, 0.717) is 5.56 Å². The first-order valence-electron chi connectivity index (χ1n) is 7.91. The molecule has 7 heteroatoms. The van der Waals surface area contributed by atoms with Crippen LogP contribution in [0.1, 0.15) is 18.4 Å². The Hall–Kier alpha value is -2.83. The molecule has 0 spiro atoms. The normalized spacial score (nSPS) is 31.1. The molecule has 0 unspecified atom stereocenters. The van der Waals surface area contributed by atoms with E-state index >= 15 is 0 Å². The van der Waals surface area contributed by atoms with Crippen LogP contribution < -0.4 is 0 Å². The molecule has 1 aromatic rings. The first-order valence-corrected chi connectivity index (χ1v) is 7.91. The van der Waals surface area contributed by atoms with E-state index in [9.17, 15) is 19.7 Å². The van der Waals surface area contributed by atoms with Gasteiger partial charge in [0.2, 0.25) is 0 Å². The number of nitro groups is 1. The lowest BCUT2D eigenvalue weighted by atomic mass is 9.63. The van der Waals surface area contributed by atoms with Crippen LogP contribution in [0.5, 0.6) is 0 Å². The number of fused-ring (bicyclic) bond motifs is 1. The molecule has 1 aromatic carbocycles. The predicted molar refractivity (Wildman–Crippen MR) is 84.9 cm³/mol. The number of allylic oxidation sites excluding steroid dienone is 2. The largest absolute Gasteiger partial charge is 0.272 e. The molecule has 4 aliphatic rings. The smallest absolute Gasteiger partial charge is 0.269 e. The zero-order valence-corrected chi connectivity index (χ0v) is 12.7. The second-order valence-electron chi connectivity index (χ2n) is 6.42. The molecule has 0 N–H and O–H groups in total. The summed E-state index contributed by atoms with van der Waals surface area (Å²) in [6.45, 7) is 0. The summed E-state index contributed by atoms with van der Waals surface area (Å²) in [4.78, 5) is 35.3. The van der Waals surface area contributed by atoms with Crippen molar-refractivity contribution in [3.8, 4) is 0 Å². The summed E-state index contributed by atoms with van der Waals surface area (Å²) in [5, 5.41) is 15.7. The van der Waals surface area contributed by atoms with Crippen LogP contribution >= 0.6 is 0 Å². The van der Waals surface area contributed by atoms with Gasteiger partial charge < -0.3 is 0 Å². The molecule has 1 heterocycles. The molecular formula is C17H15N3O4. The number of nitro benzene ring substituents is 1. The second-order valence-corrected chi connectivity index (χ2v) is 6.42. The first-order chi connectivity index (χ1) is 11.6. The van der Waals surface area contributed by atoms with Gasteiger partial charge in [-0.25, -0.2) is 0 Å². The Labute approximate surface area is 137 Å². The maximum Gasteiger partial charge on any atom is 0.269 e. The summed E-state index contributed by atoms with van der Waals surface area (Å²) in [7, 11) is 0. The Kier molecular flexibility index (Phi) is 3.30. The summed E-state index contributed by atoms with van der Waals surface area (Å²) in [5.41, 5.74) is 0.575. The number of amides is 2. The Bertz CT molecular complexity index is 752. The van der Waals surface area contributed by atoms with Crippen molar-refractivity contribution in [1.82, 2.24) is 5.01 Å². The van der Waals surface area contributed by atoms with Crippen molar-refractivity contribution >= 4 is 23.7 Å². The van der Waals surface area contributed by atoms with Crippen molar-refractivity contribution in [3.63, 3.8) is 0 Å². The Morgan fingerprint density at radius 1 is 1.04 bits per heavy atom. The molecule has 2 bridgehead atoms. The highest BCUT2D eigenvalue weighted by molar-refractivity contribution is 6.06. The number of benzene rings is 1. The van der Waals surface area contributed by atoms with Gasteiger partial charge in [0.25, 0.3) is 17.5 Å². The van der Waals surface area contributed by atoms with Gasteiger partial charge in [-0.3, -0.25) is 19.7 Å². The Morgan fingerprint density at radius 3 is 2.04 bits per heavy atom. The van der Waals surface area contributed by atoms with Gasteiger partial charge in [0.05, 0.1) is 23.0 Å².